The van der Waals surface area contributed by atoms with Crippen molar-refractivity contribution in [3.05, 3.63) is 65.7 Å². The summed E-state index contributed by atoms with van der Waals surface area (Å²) in [5, 5.41) is 9.50. The molecule has 4 aliphatic carbocycles. The topological polar surface area (TPSA) is 59.2 Å². The third-order valence-electron chi connectivity index (χ3n) is 9.33. The van der Waals surface area contributed by atoms with Crippen LogP contribution in [-0.2, 0) is 19.0 Å². The lowest BCUT2D eigenvalue weighted by Crippen LogP contribution is -2.51. The van der Waals surface area contributed by atoms with Crippen molar-refractivity contribution < 1.29 is 4.79 Å². The van der Waals surface area contributed by atoms with Crippen LogP contribution in [0.4, 0.5) is 0 Å². The number of para-hydroxylation sites is 1. The molecule has 0 atom stereocenters. The smallest absolute Gasteiger partial charge is 0.257 e. The number of amides is 1. The summed E-state index contributed by atoms with van der Waals surface area (Å²) in [6.07, 6.45) is 13.9. The van der Waals surface area contributed by atoms with E-state index >= 15 is 0 Å². The summed E-state index contributed by atoms with van der Waals surface area (Å²) >= 11 is 0. The lowest BCUT2D eigenvalue weighted by Gasteiger charge is -2.56. The van der Waals surface area contributed by atoms with Crippen molar-refractivity contribution in [3.8, 4) is 5.69 Å². The number of rotatable bonds is 5. The van der Waals surface area contributed by atoms with E-state index in [4.69, 9.17) is 5.10 Å². The van der Waals surface area contributed by atoms with Crippen LogP contribution in [0.5, 0.6) is 0 Å². The van der Waals surface area contributed by atoms with Gasteiger partial charge < -0.3 is 4.90 Å². The minimum Gasteiger partial charge on any atom is -0.336 e. The molecule has 2 aromatic heterocycles. The van der Waals surface area contributed by atoms with Gasteiger partial charge in [-0.3, -0.25) is 14.4 Å². The van der Waals surface area contributed by atoms with Gasteiger partial charge in [0.1, 0.15) is 0 Å². The molecule has 36 heavy (non-hydrogen) atoms. The molecule has 1 aromatic carbocycles. The predicted molar refractivity (Wildman–Crippen MR) is 138 cm³/mol. The number of hydrogen-bond donors (Lipinski definition) is 0. The molecule has 1 amide bonds. The van der Waals surface area contributed by atoms with Gasteiger partial charge in [-0.05, 0) is 68.4 Å². The molecule has 5 aliphatic rings. The second kappa shape index (κ2) is 8.58. The standard InChI is InChI=1S/C29H36N6O/c1-32-18-24(17-30-32)19-33-7-9-34(10-8-33)28(36)26-20-35(25-5-3-2-4-6-25)31-27(26)29-14-21-11-22(15-29)13-23(12-21)16-29/h2-6,17-18,20-23H,7-16,19H2,1H3. The zero-order chi connectivity index (χ0) is 24.3. The lowest BCUT2D eigenvalue weighted by atomic mass is 9.48. The molecule has 8 rings (SSSR count). The average molecular weight is 485 g/mol. The number of carbonyl (C=O) groups excluding carboxylic acids is 1. The van der Waals surface area contributed by atoms with E-state index in [9.17, 15) is 4.79 Å². The van der Waals surface area contributed by atoms with Crippen LogP contribution < -0.4 is 0 Å². The maximum atomic E-state index is 14.1. The van der Waals surface area contributed by atoms with E-state index in [1.165, 1.54) is 44.1 Å². The van der Waals surface area contributed by atoms with Crippen molar-refractivity contribution in [2.75, 3.05) is 26.2 Å². The molecule has 0 N–H and O–H groups in total. The number of aromatic nitrogens is 4. The van der Waals surface area contributed by atoms with Crippen LogP contribution >= 0.6 is 0 Å². The van der Waals surface area contributed by atoms with Gasteiger partial charge in [-0.25, -0.2) is 4.68 Å². The van der Waals surface area contributed by atoms with Crippen molar-refractivity contribution in [1.82, 2.24) is 29.4 Å². The first-order valence-corrected chi connectivity index (χ1v) is 13.7. The number of aryl methyl sites for hydroxylation is 1. The summed E-state index contributed by atoms with van der Waals surface area (Å²) in [5.74, 6) is 2.62. The van der Waals surface area contributed by atoms with Crippen LogP contribution in [0.2, 0.25) is 0 Å². The molecule has 0 unspecified atom stereocenters. The molecule has 0 spiro atoms. The van der Waals surface area contributed by atoms with Gasteiger partial charge in [0.05, 0.1) is 23.1 Å². The largest absolute Gasteiger partial charge is 0.336 e. The van der Waals surface area contributed by atoms with Gasteiger partial charge in [0, 0.05) is 63.1 Å². The molecule has 4 bridgehead atoms. The van der Waals surface area contributed by atoms with Crippen LogP contribution in [0, 0.1) is 17.8 Å². The van der Waals surface area contributed by atoms with Crippen molar-refractivity contribution >= 4 is 5.91 Å². The Balaban J connectivity index is 1.16. The maximum Gasteiger partial charge on any atom is 0.257 e. The Hall–Kier alpha value is -2.93. The molecule has 3 heterocycles. The summed E-state index contributed by atoms with van der Waals surface area (Å²) in [6, 6.07) is 10.3. The van der Waals surface area contributed by atoms with Crippen LogP contribution in [0.25, 0.3) is 5.69 Å². The summed E-state index contributed by atoms with van der Waals surface area (Å²) in [5.41, 5.74) is 4.28. The number of carbonyl (C=O) groups is 1. The van der Waals surface area contributed by atoms with Crippen molar-refractivity contribution in [3.63, 3.8) is 0 Å². The van der Waals surface area contributed by atoms with E-state index in [-0.39, 0.29) is 11.3 Å². The zero-order valence-corrected chi connectivity index (χ0v) is 21.2. The van der Waals surface area contributed by atoms with Crippen molar-refractivity contribution in [2.45, 2.75) is 50.5 Å². The van der Waals surface area contributed by atoms with Crippen LogP contribution in [0.1, 0.15) is 60.1 Å². The van der Waals surface area contributed by atoms with Crippen LogP contribution in [-0.4, -0.2) is 61.4 Å². The fraction of sp³-hybridized carbons (Fsp3) is 0.552. The van der Waals surface area contributed by atoms with E-state index in [1.54, 1.807) is 0 Å². The van der Waals surface area contributed by atoms with Crippen molar-refractivity contribution in [1.29, 1.82) is 0 Å². The highest BCUT2D eigenvalue weighted by Gasteiger charge is 2.54. The molecule has 7 nitrogen and oxygen atoms in total. The first-order chi connectivity index (χ1) is 17.5. The Bertz CT molecular complexity index is 1220. The summed E-state index contributed by atoms with van der Waals surface area (Å²) in [7, 11) is 1.96. The van der Waals surface area contributed by atoms with Gasteiger partial charge in [0.15, 0.2) is 0 Å². The molecule has 7 heteroatoms. The monoisotopic (exact) mass is 484 g/mol. The molecule has 3 aromatic rings. The molecule has 188 valence electrons. The van der Waals surface area contributed by atoms with E-state index < -0.39 is 0 Å². The Morgan fingerprint density at radius 1 is 0.944 bits per heavy atom. The van der Waals surface area contributed by atoms with Crippen LogP contribution in [0.15, 0.2) is 48.9 Å². The highest BCUT2D eigenvalue weighted by Crippen LogP contribution is 2.61. The molecule has 1 aliphatic heterocycles. The highest BCUT2D eigenvalue weighted by molar-refractivity contribution is 5.95. The molecular formula is C29H36N6O. The highest BCUT2D eigenvalue weighted by atomic mass is 16.2. The van der Waals surface area contributed by atoms with Gasteiger partial charge in [0.2, 0.25) is 0 Å². The SMILES string of the molecule is Cn1cc(CN2CCN(C(=O)c3cn(-c4ccccc4)nc3C34CC5CC(CC(C5)C3)C4)CC2)cn1. The molecule has 4 saturated carbocycles. The number of benzene rings is 1. The van der Waals surface area contributed by atoms with Gasteiger partial charge >= 0.3 is 0 Å². The quantitative estimate of drug-likeness (QED) is 0.549. The summed E-state index contributed by atoms with van der Waals surface area (Å²) in [4.78, 5) is 18.6. The Labute approximate surface area is 213 Å². The Kier molecular flexibility index (Phi) is 5.31. The van der Waals surface area contributed by atoms with Crippen LogP contribution in [0.3, 0.4) is 0 Å². The first-order valence-electron chi connectivity index (χ1n) is 13.7. The minimum absolute atomic E-state index is 0.0852. The van der Waals surface area contributed by atoms with Gasteiger partial charge in [-0.1, -0.05) is 18.2 Å². The van der Waals surface area contributed by atoms with E-state index in [0.29, 0.717) is 0 Å². The fourth-order valence-electron chi connectivity index (χ4n) is 8.13. The number of nitrogens with zero attached hydrogens (tertiary/aromatic N) is 6. The van der Waals surface area contributed by atoms with E-state index in [1.807, 2.05) is 47.0 Å². The minimum atomic E-state index is 0.0852. The molecule has 0 radical (unpaired) electrons. The molecular weight excluding hydrogens is 448 g/mol. The normalized spacial score (nSPS) is 29.7. The second-order valence-electron chi connectivity index (χ2n) is 12.0. The molecule has 1 saturated heterocycles. The Morgan fingerprint density at radius 3 is 2.22 bits per heavy atom. The first kappa shape index (κ1) is 22.3. The number of hydrogen-bond acceptors (Lipinski definition) is 4. The third kappa shape index (κ3) is 3.88. The van der Waals surface area contributed by atoms with Gasteiger partial charge in [-0.2, -0.15) is 10.2 Å². The van der Waals surface area contributed by atoms with E-state index in [2.05, 4.69) is 33.2 Å². The Morgan fingerprint density at radius 2 is 1.61 bits per heavy atom. The second-order valence-corrected chi connectivity index (χ2v) is 12.0. The fourth-order valence-corrected chi connectivity index (χ4v) is 8.13. The lowest BCUT2D eigenvalue weighted by molar-refractivity contribution is -0.00793. The predicted octanol–water partition coefficient (Wildman–Crippen LogP) is 4.03. The summed E-state index contributed by atoms with van der Waals surface area (Å²) < 4.78 is 3.82. The zero-order valence-electron chi connectivity index (χ0n) is 21.2. The number of piperazine rings is 1. The van der Waals surface area contributed by atoms with Crippen molar-refractivity contribution in [2.24, 2.45) is 24.8 Å². The summed E-state index contributed by atoms with van der Waals surface area (Å²) in [6.45, 7) is 4.19. The van der Waals surface area contributed by atoms with Gasteiger partial charge in [0.25, 0.3) is 5.91 Å². The maximum absolute atomic E-state index is 14.1. The molecule has 5 fully saturated rings. The third-order valence-corrected chi connectivity index (χ3v) is 9.33. The van der Waals surface area contributed by atoms with Gasteiger partial charge in [-0.15, -0.1) is 0 Å². The average Bonchev–Trinajstić information content (AvgIpc) is 3.51. The van der Waals surface area contributed by atoms with E-state index in [0.717, 1.165) is 67.4 Å².